The maximum Gasteiger partial charge on any atom is 0.322 e. The van der Waals surface area contributed by atoms with E-state index in [9.17, 15) is 13.2 Å². The van der Waals surface area contributed by atoms with E-state index in [1.165, 1.54) is 0 Å². The van der Waals surface area contributed by atoms with E-state index in [-0.39, 0.29) is 12.6 Å². The summed E-state index contributed by atoms with van der Waals surface area (Å²) >= 11 is 0. The van der Waals surface area contributed by atoms with Gasteiger partial charge in [-0.1, -0.05) is 0 Å². The van der Waals surface area contributed by atoms with Gasteiger partial charge in [-0.2, -0.15) is 17.4 Å². The van der Waals surface area contributed by atoms with Crippen molar-refractivity contribution in [3.8, 4) is 0 Å². The second kappa shape index (κ2) is 5.11. The Balaban J connectivity index is 2.86. The highest BCUT2D eigenvalue weighted by Gasteiger charge is 2.36. The molecule has 16 heavy (non-hydrogen) atoms. The van der Waals surface area contributed by atoms with Gasteiger partial charge in [0.1, 0.15) is 6.04 Å². The van der Waals surface area contributed by atoms with Crippen molar-refractivity contribution in [2.24, 2.45) is 0 Å². The molecule has 1 aliphatic rings. The van der Waals surface area contributed by atoms with Crippen LogP contribution in [-0.2, 0) is 15.0 Å². The number of piperidine rings is 1. The maximum absolute atomic E-state index is 11.9. The number of nitrogens with zero attached hydrogens (tertiary/aromatic N) is 1. The van der Waals surface area contributed by atoms with Gasteiger partial charge in [0.05, 0.1) is 0 Å². The average Bonchev–Trinajstić information content (AvgIpc) is 2.15. The van der Waals surface area contributed by atoms with Crippen molar-refractivity contribution >= 4 is 16.2 Å². The van der Waals surface area contributed by atoms with E-state index < -0.39 is 22.2 Å². The molecule has 1 fully saturated rings. The largest absolute Gasteiger partial charge is 0.480 e. The molecule has 1 atom stereocenters. The van der Waals surface area contributed by atoms with Crippen LogP contribution in [-0.4, -0.2) is 42.4 Å². The molecule has 1 rings (SSSR count). The lowest BCUT2D eigenvalue weighted by Gasteiger charge is -2.32. The topological polar surface area (TPSA) is 86.7 Å². The highest BCUT2D eigenvalue weighted by Crippen LogP contribution is 2.20. The molecule has 6 nitrogen and oxygen atoms in total. The van der Waals surface area contributed by atoms with Gasteiger partial charge in [-0.25, -0.2) is 0 Å². The fourth-order valence-corrected chi connectivity index (χ4v) is 3.44. The molecule has 0 saturated carbocycles. The quantitative estimate of drug-likeness (QED) is 0.744. The number of rotatable bonds is 4. The van der Waals surface area contributed by atoms with Crippen molar-refractivity contribution in [2.75, 3.05) is 6.54 Å². The molecule has 94 valence electrons. The minimum Gasteiger partial charge on any atom is -0.480 e. The standard InChI is InChI=1S/C9H18N2O4S/c1-7(2)10-16(14,15)11-6-4-3-5-8(11)9(12)13/h7-8,10H,3-6H2,1-2H3,(H,12,13)/t8-/m0/s1. The van der Waals surface area contributed by atoms with Crippen LogP contribution in [0.25, 0.3) is 0 Å². The number of carboxylic acid groups (broad SMARTS) is 1. The van der Waals surface area contributed by atoms with E-state index in [4.69, 9.17) is 5.11 Å². The third-order valence-electron chi connectivity index (χ3n) is 2.43. The molecule has 0 unspecified atom stereocenters. The summed E-state index contributed by atoms with van der Waals surface area (Å²) in [5.74, 6) is -1.08. The predicted octanol–water partition coefficient (Wildman–Crippen LogP) is 0.168. The lowest BCUT2D eigenvalue weighted by molar-refractivity contribution is -0.142. The summed E-state index contributed by atoms with van der Waals surface area (Å²) in [6.07, 6.45) is 1.85. The van der Waals surface area contributed by atoms with E-state index in [0.717, 1.165) is 10.7 Å². The zero-order valence-electron chi connectivity index (χ0n) is 9.51. The lowest BCUT2D eigenvalue weighted by atomic mass is 10.1. The molecule has 1 saturated heterocycles. The fourth-order valence-electron chi connectivity index (χ4n) is 1.81. The first-order valence-corrected chi connectivity index (χ1v) is 6.80. The monoisotopic (exact) mass is 250 g/mol. The van der Waals surface area contributed by atoms with E-state index in [0.29, 0.717) is 12.8 Å². The van der Waals surface area contributed by atoms with Gasteiger partial charge in [-0.15, -0.1) is 0 Å². The van der Waals surface area contributed by atoms with Crippen LogP contribution in [0, 0.1) is 0 Å². The van der Waals surface area contributed by atoms with Crippen molar-refractivity contribution in [3.05, 3.63) is 0 Å². The normalized spacial score (nSPS) is 23.6. The van der Waals surface area contributed by atoms with Crippen LogP contribution in [0.5, 0.6) is 0 Å². The fraction of sp³-hybridized carbons (Fsp3) is 0.889. The molecule has 2 N–H and O–H groups in total. The molecule has 0 aromatic heterocycles. The SMILES string of the molecule is CC(C)NS(=O)(=O)N1CCCC[C@H]1C(=O)O. The van der Waals surface area contributed by atoms with Gasteiger partial charge in [-0.3, -0.25) is 4.79 Å². The molecule has 0 aromatic rings. The lowest BCUT2D eigenvalue weighted by Crippen LogP contribution is -2.53. The van der Waals surface area contributed by atoms with Crippen LogP contribution >= 0.6 is 0 Å². The smallest absolute Gasteiger partial charge is 0.322 e. The molecule has 0 aromatic carbocycles. The summed E-state index contributed by atoms with van der Waals surface area (Å²) in [4.78, 5) is 11.0. The summed E-state index contributed by atoms with van der Waals surface area (Å²) in [5, 5.41) is 8.97. The Morgan fingerprint density at radius 1 is 1.44 bits per heavy atom. The van der Waals surface area contributed by atoms with Crippen LogP contribution in [0.15, 0.2) is 0 Å². The Kier molecular flexibility index (Phi) is 4.28. The summed E-state index contributed by atoms with van der Waals surface area (Å²) in [6, 6.07) is -1.16. The Morgan fingerprint density at radius 3 is 2.56 bits per heavy atom. The zero-order chi connectivity index (χ0) is 12.3. The van der Waals surface area contributed by atoms with E-state index in [2.05, 4.69) is 4.72 Å². The van der Waals surface area contributed by atoms with Crippen LogP contribution < -0.4 is 4.72 Å². The predicted molar refractivity (Wildman–Crippen MR) is 59.2 cm³/mol. The maximum atomic E-state index is 11.9. The first kappa shape index (κ1) is 13.4. The van der Waals surface area contributed by atoms with Crippen molar-refractivity contribution in [1.29, 1.82) is 0 Å². The minimum absolute atomic E-state index is 0.235. The second-order valence-electron chi connectivity index (χ2n) is 4.24. The van der Waals surface area contributed by atoms with Crippen molar-refractivity contribution in [1.82, 2.24) is 9.03 Å². The van der Waals surface area contributed by atoms with E-state index in [1.54, 1.807) is 13.8 Å². The van der Waals surface area contributed by atoms with Gasteiger partial charge < -0.3 is 5.11 Å². The number of carboxylic acids is 1. The third-order valence-corrected chi connectivity index (χ3v) is 4.26. The summed E-state index contributed by atoms with van der Waals surface area (Å²) in [7, 11) is -3.67. The number of nitrogens with one attached hydrogen (secondary N) is 1. The molecule has 0 bridgehead atoms. The second-order valence-corrected chi connectivity index (χ2v) is 5.89. The Morgan fingerprint density at radius 2 is 2.06 bits per heavy atom. The van der Waals surface area contributed by atoms with Gasteiger partial charge in [0.2, 0.25) is 0 Å². The Bertz CT molecular complexity index is 353. The third kappa shape index (κ3) is 3.16. The van der Waals surface area contributed by atoms with Crippen molar-refractivity contribution < 1.29 is 18.3 Å². The molecular formula is C9H18N2O4S. The number of carbonyl (C=O) groups is 1. The molecule has 1 heterocycles. The first-order chi connectivity index (χ1) is 7.34. The van der Waals surface area contributed by atoms with Crippen LogP contribution in [0.2, 0.25) is 0 Å². The Labute approximate surface area is 95.8 Å². The van der Waals surface area contributed by atoms with E-state index >= 15 is 0 Å². The number of hydrogen-bond donors (Lipinski definition) is 2. The number of hydrogen-bond acceptors (Lipinski definition) is 3. The highest BCUT2D eigenvalue weighted by molar-refractivity contribution is 7.87. The number of aliphatic carboxylic acids is 1. The summed E-state index contributed by atoms with van der Waals surface area (Å²) in [5.41, 5.74) is 0. The van der Waals surface area contributed by atoms with Crippen molar-refractivity contribution in [3.63, 3.8) is 0 Å². The zero-order valence-corrected chi connectivity index (χ0v) is 10.3. The molecule has 7 heteroatoms. The van der Waals surface area contributed by atoms with Crippen LogP contribution in [0.1, 0.15) is 33.1 Å². The molecular weight excluding hydrogens is 232 g/mol. The molecule has 0 aliphatic carbocycles. The minimum atomic E-state index is -3.67. The van der Waals surface area contributed by atoms with Crippen LogP contribution in [0.4, 0.5) is 0 Å². The van der Waals surface area contributed by atoms with E-state index in [1.807, 2.05) is 0 Å². The Hall–Kier alpha value is -0.660. The molecule has 0 radical (unpaired) electrons. The van der Waals surface area contributed by atoms with Gasteiger partial charge in [-0.05, 0) is 33.1 Å². The van der Waals surface area contributed by atoms with Gasteiger partial charge in [0, 0.05) is 12.6 Å². The molecule has 0 amide bonds. The summed E-state index contributed by atoms with van der Waals surface area (Å²) < 4.78 is 27.2. The van der Waals surface area contributed by atoms with Crippen LogP contribution in [0.3, 0.4) is 0 Å². The van der Waals surface area contributed by atoms with Gasteiger partial charge in [0.25, 0.3) is 10.2 Å². The highest BCUT2D eigenvalue weighted by atomic mass is 32.2. The van der Waals surface area contributed by atoms with Crippen molar-refractivity contribution in [2.45, 2.75) is 45.2 Å². The average molecular weight is 250 g/mol. The van der Waals surface area contributed by atoms with Gasteiger partial charge >= 0.3 is 5.97 Å². The molecule has 0 spiro atoms. The summed E-state index contributed by atoms with van der Waals surface area (Å²) in [6.45, 7) is 3.69. The molecule has 1 aliphatic heterocycles. The van der Waals surface area contributed by atoms with Gasteiger partial charge in [0.15, 0.2) is 0 Å². The first-order valence-electron chi connectivity index (χ1n) is 5.36.